The van der Waals surface area contributed by atoms with Crippen molar-refractivity contribution in [2.24, 2.45) is 0 Å². The number of aliphatic hydroxyl groups excluding tert-OH is 1. The Kier molecular flexibility index (Phi) is 10.1. The molecule has 2 aromatic heterocycles. The van der Waals surface area contributed by atoms with Crippen LogP contribution >= 0.6 is 0 Å². The van der Waals surface area contributed by atoms with Crippen molar-refractivity contribution in [1.82, 2.24) is 19.6 Å². The Labute approximate surface area is 278 Å². The Bertz CT molecular complexity index is 2110. The van der Waals surface area contributed by atoms with E-state index in [-0.39, 0.29) is 13.2 Å². The summed E-state index contributed by atoms with van der Waals surface area (Å²) in [6.07, 6.45) is 0. The van der Waals surface area contributed by atoms with Gasteiger partial charge in [-0.25, -0.2) is 4.79 Å². The third-order valence-electron chi connectivity index (χ3n) is 7.90. The monoisotopic (exact) mass is 640 g/mol. The third kappa shape index (κ3) is 7.37. The van der Waals surface area contributed by atoms with E-state index in [0.717, 1.165) is 33.3 Å². The fraction of sp³-hybridized carbons (Fsp3) is 0.154. The molecule has 0 aliphatic carbocycles. The van der Waals surface area contributed by atoms with E-state index in [9.17, 15) is 9.90 Å². The summed E-state index contributed by atoms with van der Waals surface area (Å²) in [6.45, 7) is 1.38. The molecule has 7 aromatic rings. The minimum Gasteiger partial charge on any atom is -0.497 e. The topological polar surface area (TPSA) is 101 Å². The van der Waals surface area contributed by atoms with Crippen molar-refractivity contribution in [1.29, 1.82) is 0 Å². The first-order chi connectivity index (χ1) is 23.6. The Morgan fingerprint density at radius 1 is 0.625 bits per heavy atom. The van der Waals surface area contributed by atoms with Gasteiger partial charge in [0.15, 0.2) is 5.69 Å². The molecule has 0 aliphatic heterocycles. The first kappa shape index (κ1) is 32.0. The molecule has 0 saturated heterocycles. The smallest absolute Gasteiger partial charge is 0.359 e. The van der Waals surface area contributed by atoms with E-state index in [1.54, 1.807) is 14.2 Å². The SMILES string of the molecule is COc1ccc2c(c1)c(C(=O)OCc1ccccc1)nn2Cc1ccccc1.COc1ccc2c(c1)c(CO)nn2Cc1ccccc1. The van der Waals surface area contributed by atoms with Crippen LogP contribution in [-0.4, -0.2) is 44.9 Å². The molecule has 0 radical (unpaired) electrons. The maximum atomic E-state index is 12.8. The van der Waals surface area contributed by atoms with E-state index < -0.39 is 5.97 Å². The Balaban J connectivity index is 0.000000177. The molecule has 0 fully saturated rings. The third-order valence-corrected chi connectivity index (χ3v) is 7.90. The van der Waals surface area contributed by atoms with Gasteiger partial charge in [0, 0.05) is 10.8 Å². The van der Waals surface area contributed by atoms with Crippen molar-refractivity contribution in [2.45, 2.75) is 26.3 Å². The van der Waals surface area contributed by atoms with E-state index in [1.165, 1.54) is 5.56 Å². The maximum absolute atomic E-state index is 12.8. The second-order valence-electron chi connectivity index (χ2n) is 11.1. The van der Waals surface area contributed by atoms with Gasteiger partial charge in [0.05, 0.1) is 50.6 Å². The van der Waals surface area contributed by atoms with E-state index in [0.29, 0.717) is 35.6 Å². The van der Waals surface area contributed by atoms with Gasteiger partial charge >= 0.3 is 5.97 Å². The molecule has 0 unspecified atom stereocenters. The van der Waals surface area contributed by atoms with Gasteiger partial charge in [0.25, 0.3) is 0 Å². The molecule has 48 heavy (non-hydrogen) atoms. The van der Waals surface area contributed by atoms with Gasteiger partial charge in [-0.05, 0) is 53.1 Å². The van der Waals surface area contributed by atoms with Crippen LogP contribution in [0.5, 0.6) is 11.5 Å². The number of nitrogens with zero attached hydrogens (tertiary/aromatic N) is 4. The van der Waals surface area contributed by atoms with Crippen molar-refractivity contribution in [3.05, 3.63) is 155 Å². The standard InChI is InChI=1S/C23H20N2O3.C16H16N2O2/c1-27-19-12-13-21-20(14-19)22(23(26)28-16-18-10-6-3-7-11-18)24-25(21)15-17-8-4-2-5-9-17;1-20-13-7-8-16-14(9-13)15(11-19)17-18(16)10-12-5-3-2-4-6-12/h2-14H,15-16H2,1H3;2-9,19H,10-11H2,1H3. The molecule has 5 aromatic carbocycles. The van der Waals surface area contributed by atoms with Crippen LogP contribution in [0.3, 0.4) is 0 Å². The van der Waals surface area contributed by atoms with Crippen molar-refractivity contribution >= 4 is 27.8 Å². The number of benzene rings is 5. The highest BCUT2D eigenvalue weighted by Gasteiger charge is 2.20. The van der Waals surface area contributed by atoms with Crippen molar-refractivity contribution in [3.8, 4) is 11.5 Å². The lowest BCUT2D eigenvalue weighted by atomic mass is 10.2. The summed E-state index contributed by atoms with van der Waals surface area (Å²) in [7, 11) is 3.23. The van der Waals surface area contributed by atoms with E-state index in [1.807, 2.05) is 125 Å². The molecular formula is C39H36N4O5. The highest BCUT2D eigenvalue weighted by atomic mass is 16.5. The average Bonchev–Trinajstić information content (AvgIpc) is 3.68. The van der Waals surface area contributed by atoms with Gasteiger partial charge in [0.1, 0.15) is 18.1 Å². The fourth-order valence-corrected chi connectivity index (χ4v) is 5.45. The van der Waals surface area contributed by atoms with Gasteiger partial charge in [0.2, 0.25) is 0 Å². The molecule has 242 valence electrons. The van der Waals surface area contributed by atoms with Gasteiger partial charge in [-0.2, -0.15) is 10.2 Å². The molecule has 0 aliphatic rings. The number of aliphatic hydroxyl groups is 1. The average molecular weight is 641 g/mol. The second kappa shape index (κ2) is 15.1. The van der Waals surface area contributed by atoms with Crippen LogP contribution in [0.15, 0.2) is 127 Å². The van der Waals surface area contributed by atoms with Gasteiger partial charge in [-0.1, -0.05) is 91.0 Å². The number of esters is 1. The number of aromatic nitrogens is 4. The Morgan fingerprint density at radius 2 is 1.10 bits per heavy atom. The Hall–Kier alpha value is -5.93. The van der Waals surface area contributed by atoms with Crippen molar-refractivity contribution in [3.63, 3.8) is 0 Å². The number of carbonyl (C=O) groups is 1. The number of carbonyl (C=O) groups excluding carboxylic acids is 1. The van der Waals surface area contributed by atoms with Gasteiger partial charge in [-0.3, -0.25) is 9.36 Å². The second-order valence-corrected chi connectivity index (χ2v) is 11.1. The van der Waals surface area contributed by atoms with Gasteiger partial charge < -0.3 is 19.3 Å². The summed E-state index contributed by atoms with van der Waals surface area (Å²) < 4.78 is 19.8. The lowest BCUT2D eigenvalue weighted by molar-refractivity contribution is 0.0467. The first-order valence-corrected chi connectivity index (χ1v) is 15.5. The molecular weight excluding hydrogens is 604 g/mol. The molecule has 0 amide bonds. The molecule has 9 nitrogen and oxygen atoms in total. The van der Waals surface area contributed by atoms with Crippen LogP contribution in [0.2, 0.25) is 0 Å². The zero-order chi connectivity index (χ0) is 33.3. The zero-order valence-electron chi connectivity index (χ0n) is 26.8. The van der Waals surface area contributed by atoms with Crippen LogP contribution in [-0.2, 0) is 31.0 Å². The molecule has 2 heterocycles. The molecule has 1 N–H and O–H groups in total. The van der Waals surface area contributed by atoms with Crippen LogP contribution in [0.25, 0.3) is 21.8 Å². The highest BCUT2D eigenvalue weighted by molar-refractivity contribution is 6.02. The molecule has 0 atom stereocenters. The minimum absolute atomic E-state index is 0.0779. The van der Waals surface area contributed by atoms with Crippen LogP contribution in [0, 0.1) is 0 Å². The summed E-state index contributed by atoms with van der Waals surface area (Å²) in [5.41, 5.74) is 6.04. The lowest BCUT2D eigenvalue weighted by Gasteiger charge is -2.04. The summed E-state index contributed by atoms with van der Waals surface area (Å²) in [4.78, 5) is 12.8. The van der Waals surface area contributed by atoms with Crippen molar-refractivity contribution < 1.29 is 24.1 Å². The summed E-state index contributed by atoms with van der Waals surface area (Å²) in [5.74, 6) is 0.990. The molecule has 7 rings (SSSR count). The van der Waals surface area contributed by atoms with Gasteiger partial charge in [-0.15, -0.1) is 0 Å². The fourth-order valence-electron chi connectivity index (χ4n) is 5.45. The number of hydrogen-bond donors (Lipinski definition) is 1. The normalized spacial score (nSPS) is 10.8. The number of rotatable bonds is 10. The van der Waals surface area contributed by atoms with E-state index in [2.05, 4.69) is 22.3 Å². The molecule has 9 heteroatoms. The number of methoxy groups -OCH3 is 2. The van der Waals surface area contributed by atoms with Crippen LogP contribution in [0.1, 0.15) is 32.9 Å². The maximum Gasteiger partial charge on any atom is 0.359 e. The van der Waals surface area contributed by atoms with E-state index >= 15 is 0 Å². The predicted octanol–water partition coefficient (Wildman–Crippen LogP) is 7.04. The molecule has 0 spiro atoms. The molecule has 0 bridgehead atoms. The van der Waals surface area contributed by atoms with Crippen LogP contribution < -0.4 is 9.47 Å². The summed E-state index contributed by atoms with van der Waals surface area (Å²) in [5, 5.41) is 20.2. The van der Waals surface area contributed by atoms with Crippen molar-refractivity contribution in [2.75, 3.05) is 14.2 Å². The quantitative estimate of drug-likeness (QED) is 0.160. The summed E-state index contributed by atoms with van der Waals surface area (Å²) in [6, 6.07) is 41.1. The Morgan fingerprint density at radius 3 is 1.62 bits per heavy atom. The van der Waals surface area contributed by atoms with Crippen LogP contribution in [0.4, 0.5) is 0 Å². The van der Waals surface area contributed by atoms with E-state index in [4.69, 9.17) is 14.2 Å². The number of hydrogen-bond acceptors (Lipinski definition) is 7. The highest BCUT2D eigenvalue weighted by Crippen LogP contribution is 2.27. The predicted molar refractivity (Wildman–Crippen MR) is 185 cm³/mol. The summed E-state index contributed by atoms with van der Waals surface area (Å²) >= 11 is 0. The minimum atomic E-state index is -0.450. The number of fused-ring (bicyclic) bond motifs is 2. The zero-order valence-corrected chi connectivity index (χ0v) is 26.8. The lowest BCUT2D eigenvalue weighted by Crippen LogP contribution is -2.08. The number of ether oxygens (including phenoxy) is 3. The molecule has 0 saturated carbocycles. The first-order valence-electron chi connectivity index (χ1n) is 15.5. The largest absolute Gasteiger partial charge is 0.497 e.